The second kappa shape index (κ2) is 5.59. The summed E-state index contributed by atoms with van der Waals surface area (Å²) in [4.78, 5) is 12.1. The molecule has 0 aromatic heterocycles. The highest BCUT2D eigenvalue weighted by molar-refractivity contribution is 5.95. The first-order valence-electron chi connectivity index (χ1n) is 6.84. The van der Waals surface area contributed by atoms with E-state index in [2.05, 4.69) is 12.2 Å². The quantitative estimate of drug-likeness (QED) is 0.807. The van der Waals surface area contributed by atoms with Gasteiger partial charge in [-0.2, -0.15) is 0 Å². The molecule has 1 aliphatic carbocycles. The number of hydrogen-bond acceptors (Lipinski definition) is 2. The number of carbonyl (C=O) groups excluding carboxylic acids is 1. The zero-order valence-corrected chi connectivity index (χ0v) is 11.5. The van der Waals surface area contributed by atoms with Gasteiger partial charge in [0.25, 0.3) is 5.91 Å². The first-order chi connectivity index (χ1) is 8.97. The van der Waals surface area contributed by atoms with Crippen LogP contribution in [0.25, 0.3) is 0 Å². The van der Waals surface area contributed by atoms with Crippen LogP contribution in [0.4, 0.5) is 10.1 Å². The van der Waals surface area contributed by atoms with Crippen LogP contribution in [0.3, 0.4) is 0 Å². The number of anilines is 1. The molecule has 0 saturated heterocycles. The molecule has 1 fully saturated rings. The SMILES string of the molecule is Cc1c(N)cc(C(=O)NC2CCCC(C)C2)cc1F. The molecule has 3 N–H and O–H groups in total. The van der Waals surface area contributed by atoms with E-state index in [0.717, 1.165) is 19.3 Å². The standard InChI is InChI=1S/C15H21FN2O/c1-9-4-3-5-12(6-9)18-15(19)11-7-13(16)10(2)14(17)8-11/h7-9,12H,3-6,17H2,1-2H3,(H,18,19). The number of nitrogen functional groups attached to an aromatic ring is 1. The largest absolute Gasteiger partial charge is 0.398 e. The number of rotatable bonds is 2. The van der Waals surface area contributed by atoms with Gasteiger partial charge in [0, 0.05) is 22.9 Å². The summed E-state index contributed by atoms with van der Waals surface area (Å²) in [6.07, 6.45) is 4.35. The van der Waals surface area contributed by atoms with Crippen molar-refractivity contribution in [3.05, 3.63) is 29.1 Å². The third-order valence-electron chi connectivity index (χ3n) is 3.92. The Morgan fingerprint density at radius 1 is 1.42 bits per heavy atom. The van der Waals surface area contributed by atoms with E-state index in [-0.39, 0.29) is 11.9 Å². The molecule has 19 heavy (non-hydrogen) atoms. The van der Waals surface area contributed by atoms with Crippen LogP contribution in [0.1, 0.15) is 48.5 Å². The predicted molar refractivity (Wildman–Crippen MR) is 74.4 cm³/mol. The lowest BCUT2D eigenvalue weighted by Crippen LogP contribution is -2.38. The molecule has 0 aliphatic heterocycles. The second-order valence-corrected chi connectivity index (χ2v) is 5.61. The van der Waals surface area contributed by atoms with Crippen LogP contribution in [0, 0.1) is 18.7 Å². The third-order valence-corrected chi connectivity index (χ3v) is 3.92. The summed E-state index contributed by atoms with van der Waals surface area (Å²) in [6.45, 7) is 3.80. The van der Waals surface area contributed by atoms with Gasteiger partial charge in [-0.1, -0.05) is 19.8 Å². The Morgan fingerprint density at radius 3 is 2.79 bits per heavy atom. The molecule has 2 unspecified atom stereocenters. The lowest BCUT2D eigenvalue weighted by atomic mass is 9.87. The normalized spacial score (nSPS) is 23.1. The molecule has 0 spiro atoms. The summed E-state index contributed by atoms with van der Waals surface area (Å²) in [7, 11) is 0. The van der Waals surface area contributed by atoms with Crippen LogP contribution >= 0.6 is 0 Å². The predicted octanol–water partition coefficient (Wildman–Crippen LogP) is 3.02. The fourth-order valence-corrected chi connectivity index (χ4v) is 2.67. The maximum absolute atomic E-state index is 13.6. The molecule has 1 aromatic carbocycles. The van der Waals surface area contributed by atoms with Crippen LogP contribution in [0.2, 0.25) is 0 Å². The van der Waals surface area contributed by atoms with Gasteiger partial charge in [0.2, 0.25) is 0 Å². The van der Waals surface area contributed by atoms with Crippen molar-refractivity contribution < 1.29 is 9.18 Å². The highest BCUT2D eigenvalue weighted by Gasteiger charge is 2.21. The van der Waals surface area contributed by atoms with Gasteiger partial charge < -0.3 is 11.1 Å². The molecule has 0 radical (unpaired) electrons. The Morgan fingerprint density at radius 2 is 2.16 bits per heavy atom. The molecular weight excluding hydrogens is 243 g/mol. The van der Waals surface area contributed by atoms with Gasteiger partial charge in [-0.25, -0.2) is 4.39 Å². The van der Waals surface area contributed by atoms with E-state index < -0.39 is 5.82 Å². The van der Waals surface area contributed by atoms with Gasteiger partial charge in [0.1, 0.15) is 5.82 Å². The fraction of sp³-hybridized carbons (Fsp3) is 0.533. The molecule has 2 atom stereocenters. The van der Waals surface area contributed by atoms with Gasteiger partial charge in [-0.05, 0) is 37.8 Å². The third kappa shape index (κ3) is 3.25. The van der Waals surface area contributed by atoms with E-state index in [1.54, 1.807) is 13.0 Å². The first kappa shape index (κ1) is 13.8. The van der Waals surface area contributed by atoms with Crippen LogP contribution < -0.4 is 11.1 Å². The minimum atomic E-state index is -0.429. The van der Waals surface area contributed by atoms with E-state index in [0.29, 0.717) is 22.7 Å². The highest BCUT2D eigenvalue weighted by Crippen LogP contribution is 2.24. The summed E-state index contributed by atoms with van der Waals surface area (Å²) >= 11 is 0. The van der Waals surface area contributed by atoms with Gasteiger partial charge in [0.05, 0.1) is 0 Å². The number of halogens is 1. The van der Waals surface area contributed by atoms with E-state index in [1.165, 1.54) is 12.5 Å². The molecule has 1 aromatic rings. The van der Waals surface area contributed by atoms with Crippen molar-refractivity contribution in [3.8, 4) is 0 Å². The Bertz CT molecular complexity index is 464. The van der Waals surface area contributed by atoms with Crippen molar-refractivity contribution in [1.82, 2.24) is 5.32 Å². The Balaban J connectivity index is 2.07. The lowest BCUT2D eigenvalue weighted by molar-refractivity contribution is 0.0921. The van der Waals surface area contributed by atoms with Crippen LogP contribution in [-0.4, -0.2) is 11.9 Å². The maximum atomic E-state index is 13.6. The first-order valence-corrected chi connectivity index (χ1v) is 6.84. The highest BCUT2D eigenvalue weighted by atomic mass is 19.1. The summed E-state index contributed by atoms with van der Waals surface area (Å²) in [5.41, 5.74) is 6.71. The zero-order valence-electron chi connectivity index (χ0n) is 11.5. The van der Waals surface area contributed by atoms with Crippen molar-refractivity contribution in [2.24, 2.45) is 5.92 Å². The number of carbonyl (C=O) groups is 1. The summed E-state index contributed by atoms with van der Waals surface area (Å²) in [6, 6.07) is 3.00. The lowest BCUT2D eigenvalue weighted by Gasteiger charge is -2.27. The van der Waals surface area contributed by atoms with Crippen LogP contribution in [-0.2, 0) is 0 Å². The van der Waals surface area contributed by atoms with Crippen molar-refractivity contribution in [2.75, 3.05) is 5.73 Å². The van der Waals surface area contributed by atoms with E-state index in [4.69, 9.17) is 5.73 Å². The monoisotopic (exact) mass is 264 g/mol. The molecule has 1 saturated carbocycles. The molecule has 1 aliphatic rings. The van der Waals surface area contributed by atoms with Crippen molar-refractivity contribution in [3.63, 3.8) is 0 Å². The fourth-order valence-electron chi connectivity index (χ4n) is 2.67. The number of amides is 1. The minimum Gasteiger partial charge on any atom is -0.398 e. The molecule has 1 amide bonds. The smallest absolute Gasteiger partial charge is 0.251 e. The zero-order chi connectivity index (χ0) is 14.0. The molecule has 104 valence electrons. The summed E-state index contributed by atoms with van der Waals surface area (Å²) in [5.74, 6) is -0.0225. The average molecular weight is 264 g/mol. The Labute approximate surface area is 113 Å². The molecule has 3 nitrogen and oxygen atoms in total. The number of hydrogen-bond donors (Lipinski definition) is 2. The molecule has 2 rings (SSSR count). The van der Waals surface area contributed by atoms with Crippen molar-refractivity contribution in [1.29, 1.82) is 0 Å². The van der Waals surface area contributed by atoms with E-state index in [9.17, 15) is 9.18 Å². The minimum absolute atomic E-state index is 0.196. The topological polar surface area (TPSA) is 55.1 Å². The Hall–Kier alpha value is -1.58. The van der Waals surface area contributed by atoms with Crippen molar-refractivity contribution >= 4 is 11.6 Å². The molecule has 0 bridgehead atoms. The molecule has 0 heterocycles. The maximum Gasteiger partial charge on any atom is 0.251 e. The summed E-state index contributed by atoms with van der Waals surface area (Å²) < 4.78 is 13.6. The van der Waals surface area contributed by atoms with Gasteiger partial charge in [0.15, 0.2) is 0 Å². The number of nitrogens with one attached hydrogen (secondary N) is 1. The van der Waals surface area contributed by atoms with E-state index >= 15 is 0 Å². The van der Waals surface area contributed by atoms with Gasteiger partial charge in [-0.15, -0.1) is 0 Å². The number of benzene rings is 1. The van der Waals surface area contributed by atoms with Crippen molar-refractivity contribution in [2.45, 2.75) is 45.6 Å². The molecule has 4 heteroatoms. The second-order valence-electron chi connectivity index (χ2n) is 5.61. The van der Waals surface area contributed by atoms with Gasteiger partial charge >= 0.3 is 0 Å². The van der Waals surface area contributed by atoms with Gasteiger partial charge in [-0.3, -0.25) is 4.79 Å². The number of nitrogens with two attached hydrogens (primary N) is 1. The molecular formula is C15H21FN2O. The van der Waals surface area contributed by atoms with Crippen LogP contribution in [0.5, 0.6) is 0 Å². The van der Waals surface area contributed by atoms with Crippen LogP contribution in [0.15, 0.2) is 12.1 Å². The van der Waals surface area contributed by atoms with E-state index in [1.807, 2.05) is 0 Å². The summed E-state index contributed by atoms with van der Waals surface area (Å²) in [5, 5.41) is 2.98. The Kier molecular flexibility index (Phi) is 4.08. The average Bonchev–Trinajstić information content (AvgIpc) is 2.35.